The molecule has 1 unspecified atom stereocenters. The normalized spacial score (nSPS) is 25.0. The molecular formula is C15H17NO2. The lowest BCUT2D eigenvalue weighted by molar-refractivity contribution is 0.174. The van der Waals surface area contributed by atoms with Gasteiger partial charge in [0.1, 0.15) is 0 Å². The Labute approximate surface area is 107 Å². The summed E-state index contributed by atoms with van der Waals surface area (Å²) in [5, 5.41) is 0. The molecule has 1 saturated heterocycles. The van der Waals surface area contributed by atoms with Gasteiger partial charge >= 0.3 is 0 Å². The van der Waals surface area contributed by atoms with Crippen LogP contribution in [0.1, 0.15) is 24.8 Å². The molecule has 4 aliphatic heterocycles. The molecule has 0 spiro atoms. The number of allylic oxidation sites excluding steroid dienone is 1. The monoisotopic (exact) mass is 243 g/mol. The maximum absolute atomic E-state index is 5.47. The number of hydrogen-bond donors (Lipinski definition) is 0. The third-order valence-corrected chi connectivity index (χ3v) is 4.18. The highest BCUT2D eigenvalue weighted by atomic mass is 16.7. The van der Waals surface area contributed by atoms with E-state index in [2.05, 4.69) is 23.1 Å². The second kappa shape index (κ2) is 3.94. The van der Waals surface area contributed by atoms with E-state index in [1.54, 1.807) is 0 Å². The fourth-order valence-electron chi connectivity index (χ4n) is 3.19. The molecule has 0 saturated carbocycles. The minimum atomic E-state index is 0.351. The first-order chi connectivity index (χ1) is 8.90. The first kappa shape index (κ1) is 10.3. The average Bonchev–Trinajstić information content (AvgIpc) is 2.63. The predicted molar refractivity (Wildman–Crippen MR) is 69.5 cm³/mol. The predicted octanol–water partition coefficient (Wildman–Crippen LogP) is 2.87. The molecule has 0 radical (unpaired) electrons. The van der Waals surface area contributed by atoms with E-state index in [-0.39, 0.29) is 0 Å². The molecule has 0 N–H and O–H groups in total. The molecule has 3 heteroatoms. The molecule has 1 aromatic rings. The highest BCUT2D eigenvalue weighted by molar-refractivity contribution is 5.68. The van der Waals surface area contributed by atoms with Crippen LogP contribution < -0.4 is 9.47 Å². The minimum Gasteiger partial charge on any atom is -0.454 e. The summed E-state index contributed by atoms with van der Waals surface area (Å²) in [5.41, 5.74) is 2.66. The Morgan fingerprint density at radius 3 is 3.00 bits per heavy atom. The first-order valence-electron chi connectivity index (χ1n) is 6.77. The molecule has 3 nitrogen and oxygen atoms in total. The smallest absolute Gasteiger partial charge is 0.231 e. The number of ether oxygens (including phenoxy) is 2. The van der Waals surface area contributed by atoms with E-state index in [0.29, 0.717) is 6.79 Å². The van der Waals surface area contributed by atoms with Gasteiger partial charge in [-0.05, 0) is 43.4 Å². The summed E-state index contributed by atoms with van der Waals surface area (Å²) in [4.78, 5) is 2.51. The average molecular weight is 243 g/mol. The van der Waals surface area contributed by atoms with Crippen LogP contribution >= 0.6 is 0 Å². The van der Waals surface area contributed by atoms with Crippen LogP contribution in [0.5, 0.6) is 11.5 Å². The van der Waals surface area contributed by atoms with E-state index in [1.807, 2.05) is 6.07 Å². The quantitative estimate of drug-likeness (QED) is 0.757. The molecule has 0 aromatic heterocycles. The van der Waals surface area contributed by atoms with Crippen molar-refractivity contribution in [1.29, 1.82) is 0 Å². The van der Waals surface area contributed by atoms with E-state index in [0.717, 1.165) is 17.4 Å². The van der Waals surface area contributed by atoms with Gasteiger partial charge in [-0.25, -0.2) is 0 Å². The Morgan fingerprint density at radius 2 is 2.00 bits per heavy atom. The maximum Gasteiger partial charge on any atom is 0.231 e. The SMILES string of the molecule is C1=C(c2ccc3c(c2)OCO3)N2CCCC1CC2. The summed E-state index contributed by atoms with van der Waals surface area (Å²) in [6, 6.07) is 6.30. The summed E-state index contributed by atoms with van der Waals surface area (Å²) < 4.78 is 10.8. The number of nitrogens with zero attached hydrogens (tertiary/aromatic N) is 1. The van der Waals surface area contributed by atoms with Gasteiger partial charge in [-0.2, -0.15) is 0 Å². The Kier molecular flexibility index (Phi) is 2.25. The molecule has 1 atom stereocenters. The number of hydrogen-bond acceptors (Lipinski definition) is 3. The Morgan fingerprint density at radius 1 is 1.06 bits per heavy atom. The lowest BCUT2D eigenvalue weighted by Gasteiger charge is -2.30. The fraction of sp³-hybridized carbons (Fsp3) is 0.467. The number of fused-ring (bicyclic) bond motifs is 4. The van der Waals surface area contributed by atoms with Crippen LogP contribution in [0.3, 0.4) is 0 Å². The van der Waals surface area contributed by atoms with Gasteiger partial charge < -0.3 is 14.4 Å². The molecule has 0 aliphatic carbocycles. The van der Waals surface area contributed by atoms with Crippen LogP contribution in [-0.4, -0.2) is 24.8 Å². The van der Waals surface area contributed by atoms with Gasteiger partial charge in [-0.1, -0.05) is 6.08 Å². The van der Waals surface area contributed by atoms with Crippen LogP contribution in [-0.2, 0) is 0 Å². The number of benzene rings is 1. The van der Waals surface area contributed by atoms with Gasteiger partial charge in [0.15, 0.2) is 11.5 Å². The highest BCUT2D eigenvalue weighted by Crippen LogP contribution is 2.38. The van der Waals surface area contributed by atoms with Crippen molar-refractivity contribution in [2.75, 3.05) is 19.9 Å². The molecule has 94 valence electrons. The maximum atomic E-state index is 5.47. The lowest BCUT2D eigenvalue weighted by Crippen LogP contribution is -2.26. The topological polar surface area (TPSA) is 21.7 Å². The standard InChI is InChI=1S/C15H17NO2/c1-2-11-5-7-16(6-1)13(8-11)12-3-4-14-15(9-12)18-10-17-14/h3-4,8-9,11H,1-2,5-7,10H2. The summed E-state index contributed by atoms with van der Waals surface area (Å²) in [6.07, 6.45) is 6.42. The molecule has 0 amide bonds. The Bertz CT molecular complexity index is 505. The zero-order valence-electron chi connectivity index (χ0n) is 10.4. The van der Waals surface area contributed by atoms with Crippen molar-refractivity contribution in [3.8, 4) is 11.5 Å². The molecule has 1 aromatic carbocycles. The van der Waals surface area contributed by atoms with E-state index >= 15 is 0 Å². The zero-order valence-corrected chi connectivity index (χ0v) is 10.4. The molecule has 1 fully saturated rings. The van der Waals surface area contributed by atoms with Gasteiger partial charge in [-0.3, -0.25) is 0 Å². The van der Waals surface area contributed by atoms with Crippen molar-refractivity contribution < 1.29 is 9.47 Å². The van der Waals surface area contributed by atoms with Crippen molar-refractivity contribution in [2.24, 2.45) is 5.92 Å². The van der Waals surface area contributed by atoms with E-state index in [9.17, 15) is 0 Å². The summed E-state index contributed by atoms with van der Waals surface area (Å²) in [7, 11) is 0. The first-order valence-corrected chi connectivity index (χ1v) is 6.77. The largest absolute Gasteiger partial charge is 0.454 e. The number of rotatable bonds is 1. The van der Waals surface area contributed by atoms with Gasteiger partial charge in [0.05, 0.1) is 0 Å². The van der Waals surface area contributed by atoms with Crippen molar-refractivity contribution in [2.45, 2.75) is 19.3 Å². The van der Waals surface area contributed by atoms with Crippen LogP contribution in [0.2, 0.25) is 0 Å². The molecule has 5 rings (SSSR count). The van der Waals surface area contributed by atoms with Crippen LogP contribution in [0.25, 0.3) is 5.70 Å². The fourth-order valence-corrected chi connectivity index (χ4v) is 3.19. The van der Waals surface area contributed by atoms with Crippen molar-refractivity contribution in [3.63, 3.8) is 0 Å². The van der Waals surface area contributed by atoms with Crippen molar-refractivity contribution in [3.05, 3.63) is 29.8 Å². The van der Waals surface area contributed by atoms with Crippen LogP contribution in [0.4, 0.5) is 0 Å². The third-order valence-electron chi connectivity index (χ3n) is 4.18. The Balaban J connectivity index is 1.74. The van der Waals surface area contributed by atoms with Gasteiger partial charge in [0.2, 0.25) is 6.79 Å². The molecular weight excluding hydrogens is 226 g/mol. The van der Waals surface area contributed by atoms with Gasteiger partial charge in [0.25, 0.3) is 0 Å². The molecule has 4 aliphatic rings. The van der Waals surface area contributed by atoms with Gasteiger partial charge in [-0.15, -0.1) is 0 Å². The second-order valence-electron chi connectivity index (χ2n) is 5.30. The van der Waals surface area contributed by atoms with Crippen LogP contribution in [0.15, 0.2) is 24.3 Å². The molecule has 4 heterocycles. The summed E-state index contributed by atoms with van der Waals surface area (Å²) >= 11 is 0. The van der Waals surface area contributed by atoms with E-state index in [4.69, 9.17) is 9.47 Å². The third kappa shape index (κ3) is 1.57. The second-order valence-corrected chi connectivity index (χ2v) is 5.30. The molecule has 18 heavy (non-hydrogen) atoms. The van der Waals surface area contributed by atoms with Gasteiger partial charge in [0, 0.05) is 24.4 Å². The van der Waals surface area contributed by atoms with E-state index in [1.165, 1.54) is 43.6 Å². The molecule has 2 bridgehead atoms. The summed E-state index contributed by atoms with van der Waals surface area (Å²) in [6.45, 7) is 2.74. The summed E-state index contributed by atoms with van der Waals surface area (Å²) in [5.74, 6) is 2.52. The zero-order chi connectivity index (χ0) is 11.9. The van der Waals surface area contributed by atoms with Crippen molar-refractivity contribution in [1.82, 2.24) is 4.90 Å². The minimum absolute atomic E-state index is 0.351. The Hall–Kier alpha value is -1.64. The van der Waals surface area contributed by atoms with E-state index < -0.39 is 0 Å². The van der Waals surface area contributed by atoms with Crippen molar-refractivity contribution >= 4 is 5.70 Å². The highest BCUT2D eigenvalue weighted by Gasteiger charge is 2.25. The lowest BCUT2D eigenvalue weighted by atomic mass is 9.95. The van der Waals surface area contributed by atoms with Crippen LogP contribution in [0, 0.1) is 5.92 Å².